The summed E-state index contributed by atoms with van der Waals surface area (Å²) < 4.78 is 5.94. The van der Waals surface area contributed by atoms with Crippen molar-refractivity contribution >= 4 is 21.8 Å². The van der Waals surface area contributed by atoms with E-state index in [9.17, 15) is 4.79 Å². The molecule has 3 nitrogen and oxygen atoms in total. The zero-order chi connectivity index (χ0) is 15.7. The number of unbranched alkanes of at least 4 members (excludes halogenated alkanes) is 3. The third-order valence-electron chi connectivity index (χ3n) is 3.41. The van der Waals surface area contributed by atoms with Gasteiger partial charge in [0.2, 0.25) is 0 Å². The van der Waals surface area contributed by atoms with Crippen LogP contribution in [0, 0.1) is 5.92 Å². The highest BCUT2D eigenvalue weighted by Gasteiger charge is 2.10. The zero-order valence-corrected chi connectivity index (χ0v) is 14.8. The summed E-state index contributed by atoms with van der Waals surface area (Å²) in [7, 11) is 1.60. The minimum absolute atomic E-state index is 0.0528. The maximum absolute atomic E-state index is 12.1. The normalized spacial score (nSPS) is 10.7. The molecule has 0 aromatic heterocycles. The van der Waals surface area contributed by atoms with Gasteiger partial charge in [-0.2, -0.15) is 0 Å². The summed E-state index contributed by atoms with van der Waals surface area (Å²) in [6.45, 7) is 5.24. The third kappa shape index (κ3) is 6.98. The van der Waals surface area contributed by atoms with Crippen LogP contribution in [0.3, 0.4) is 0 Å². The molecule has 1 N–H and O–H groups in total. The first-order valence-electron chi connectivity index (χ1n) is 7.66. The number of rotatable bonds is 9. The molecule has 0 aliphatic carbocycles. The molecule has 0 aliphatic heterocycles. The Morgan fingerprint density at radius 3 is 2.62 bits per heavy atom. The summed E-state index contributed by atoms with van der Waals surface area (Å²) in [5, 5.41) is 2.97. The van der Waals surface area contributed by atoms with Crippen LogP contribution in [0.15, 0.2) is 22.7 Å². The van der Waals surface area contributed by atoms with Crippen molar-refractivity contribution in [3.8, 4) is 5.75 Å². The van der Waals surface area contributed by atoms with E-state index in [4.69, 9.17) is 4.74 Å². The van der Waals surface area contributed by atoms with Gasteiger partial charge in [0.15, 0.2) is 0 Å². The van der Waals surface area contributed by atoms with Gasteiger partial charge in [-0.1, -0.05) is 39.5 Å². The van der Waals surface area contributed by atoms with E-state index in [0.29, 0.717) is 11.3 Å². The Bertz CT molecular complexity index is 446. The lowest BCUT2D eigenvalue weighted by atomic mass is 10.0. The fourth-order valence-corrected chi connectivity index (χ4v) is 2.56. The van der Waals surface area contributed by atoms with Crippen LogP contribution >= 0.6 is 15.9 Å². The van der Waals surface area contributed by atoms with E-state index in [-0.39, 0.29) is 5.91 Å². The number of ether oxygens (including phenoxy) is 1. The molecule has 0 spiro atoms. The van der Waals surface area contributed by atoms with Gasteiger partial charge in [-0.25, -0.2) is 0 Å². The standard InChI is InChI=1S/C17H26BrNO2/c1-13(2)8-6-4-5-7-11-19-17(20)15-12-14(21-3)9-10-16(15)18/h9-10,12-13H,4-8,11H2,1-3H3,(H,19,20). The van der Waals surface area contributed by atoms with Gasteiger partial charge in [-0.15, -0.1) is 0 Å². The molecule has 21 heavy (non-hydrogen) atoms. The lowest BCUT2D eigenvalue weighted by Crippen LogP contribution is -2.24. The molecule has 0 radical (unpaired) electrons. The van der Waals surface area contributed by atoms with Gasteiger partial charge in [0, 0.05) is 11.0 Å². The van der Waals surface area contributed by atoms with Gasteiger partial charge in [-0.05, 0) is 46.5 Å². The lowest BCUT2D eigenvalue weighted by molar-refractivity contribution is 0.0952. The third-order valence-corrected chi connectivity index (χ3v) is 4.10. The first-order valence-corrected chi connectivity index (χ1v) is 8.45. The Morgan fingerprint density at radius 2 is 1.95 bits per heavy atom. The predicted octanol–water partition coefficient (Wildman–Crippen LogP) is 4.79. The smallest absolute Gasteiger partial charge is 0.252 e. The molecule has 1 aromatic carbocycles. The van der Waals surface area contributed by atoms with Crippen LogP contribution in [0.5, 0.6) is 5.75 Å². The van der Waals surface area contributed by atoms with Crippen molar-refractivity contribution in [1.29, 1.82) is 0 Å². The summed E-state index contributed by atoms with van der Waals surface area (Å²) in [4.78, 5) is 12.1. The van der Waals surface area contributed by atoms with Crippen LogP contribution in [0.1, 0.15) is 56.3 Å². The average Bonchev–Trinajstić information content (AvgIpc) is 2.46. The first kappa shape index (κ1) is 18.0. The van der Waals surface area contributed by atoms with Crippen molar-refractivity contribution in [3.63, 3.8) is 0 Å². The van der Waals surface area contributed by atoms with Crippen LogP contribution in [0.2, 0.25) is 0 Å². The van der Waals surface area contributed by atoms with Gasteiger partial charge in [0.1, 0.15) is 5.75 Å². The fraction of sp³-hybridized carbons (Fsp3) is 0.588. The number of benzene rings is 1. The van der Waals surface area contributed by atoms with Crippen molar-refractivity contribution in [1.82, 2.24) is 5.32 Å². The van der Waals surface area contributed by atoms with E-state index < -0.39 is 0 Å². The summed E-state index contributed by atoms with van der Waals surface area (Å²) in [6.07, 6.45) is 6.03. The number of hydrogen-bond donors (Lipinski definition) is 1. The second kappa shape index (κ2) is 9.82. The average molecular weight is 356 g/mol. The quantitative estimate of drug-likeness (QED) is 0.646. The second-order valence-corrected chi connectivity index (χ2v) is 6.55. The van der Waals surface area contributed by atoms with Gasteiger partial charge >= 0.3 is 0 Å². The highest BCUT2D eigenvalue weighted by atomic mass is 79.9. The van der Waals surface area contributed by atoms with Crippen LogP contribution in [-0.2, 0) is 0 Å². The molecule has 1 amide bonds. The van der Waals surface area contributed by atoms with Crippen LogP contribution < -0.4 is 10.1 Å². The molecule has 0 atom stereocenters. The van der Waals surface area contributed by atoms with Crippen LogP contribution in [0.4, 0.5) is 0 Å². The van der Waals surface area contributed by atoms with Gasteiger partial charge < -0.3 is 10.1 Å². The maximum atomic E-state index is 12.1. The second-order valence-electron chi connectivity index (χ2n) is 5.70. The highest BCUT2D eigenvalue weighted by molar-refractivity contribution is 9.10. The molecule has 0 unspecified atom stereocenters. The van der Waals surface area contributed by atoms with E-state index in [1.807, 2.05) is 12.1 Å². The molecule has 1 aromatic rings. The molecular weight excluding hydrogens is 330 g/mol. The largest absolute Gasteiger partial charge is 0.497 e. The Morgan fingerprint density at radius 1 is 1.24 bits per heavy atom. The van der Waals surface area contributed by atoms with Crippen molar-refractivity contribution < 1.29 is 9.53 Å². The Kier molecular flexibility index (Phi) is 8.43. The fourth-order valence-electron chi connectivity index (χ4n) is 2.13. The number of nitrogens with one attached hydrogen (secondary N) is 1. The Hall–Kier alpha value is -1.03. The maximum Gasteiger partial charge on any atom is 0.252 e. The SMILES string of the molecule is COc1ccc(Br)c(C(=O)NCCCCCCC(C)C)c1. The van der Waals surface area contributed by atoms with E-state index in [2.05, 4.69) is 35.1 Å². The molecular formula is C17H26BrNO2. The molecule has 0 bridgehead atoms. The van der Waals surface area contributed by atoms with Crippen molar-refractivity contribution in [2.45, 2.75) is 46.0 Å². The van der Waals surface area contributed by atoms with Crippen LogP contribution in [-0.4, -0.2) is 19.6 Å². The minimum Gasteiger partial charge on any atom is -0.497 e. The minimum atomic E-state index is -0.0528. The highest BCUT2D eigenvalue weighted by Crippen LogP contribution is 2.22. The molecule has 1 rings (SSSR count). The molecule has 118 valence electrons. The van der Waals surface area contributed by atoms with Crippen LogP contribution in [0.25, 0.3) is 0 Å². The first-order chi connectivity index (χ1) is 10.0. The lowest BCUT2D eigenvalue weighted by Gasteiger charge is -2.09. The molecule has 0 saturated carbocycles. The number of carbonyl (C=O) groups excluding carboxylic acids is 1. The topological polar surface area (TPSA) is 38.3 Å². The molecule has 0 heterocycles. The van der Waals surface area contributed by atoms with E-state index >= 15 is 0 Å². The number of carbonyl (C=O) groups is 1. The molecule has 4 heteroatoms. The zero-order valence-electron chi connectivity index (χ0n) is 13.2. The Balaban J connectivity index is 2.28. The molecule has 0 saturated heterocycles. The molecule has 0 aliphatic rings. The summed E-state index contributed by atoms with van der Waals surface area (Å²) in [5.41, 5.74) is 0.620. The number of amides is 1. The van der Waals surface area contributed by atoms with E-state index in [1.165, 1.54) is 25.7 Å². The summed E-state index contributed by atoms with van der Waals surface area (Å²) in [5.74, 6) is 1.43. The van der Waals surface area contributed by atoms with E-state index in [1.54, 1.807) is 13.2 Å². The number of methoxy groups -OCH3 is 1. The van der Waals surface area contributed by atoms with Gasteiger partial charge in [-0.3, -0.25) is 4.79 Å². The van der Waals surface area contributed by atoms with Gasteiger partial charge in [0.25, 0.3) is 5.91 Å². The number of hydrogen-bond acceptors (Lipinski definition) is 2. The van der Waals surface area contributed by atoms with Crippen molar-refractivity contribution in [3.05, 3.63) is 28.2 Å². The monoisotopic (exact) mass is 355 g/mol. The number of halogens is 1. The van der Waals surface area contributed by atoms with Crippen molar-refractivity contribution in [2.75, 3.05) is 13.7 Å². The summed E-state index contributed by atoms with van der Waals surface area (Å²) >= 11 is 3.40. The van der Waals surface area contributed by atoms with E-state index in [0.717, 1.165) is 23.4 Å². The predicted molar refractivity (Wildman–Crippen MR) is 91.0 cm³/mol. The van der Waals surface area contributed by atoms with Gasteiger partial charge in [0.05, 0.1) is 12.7 Å². The van der Waals surface area contributed by atoms with Crippen molar-refractivity contribution in [2.24, 2.45) is 5.92 Å². The molecule has 0 fully saturated rings. The summed E-state index contributed by atoms with van der Waals surface area (Å²) in [6, 6.07) is 5.41. The Labute approximate surface area is 136 Å².